The zero-order valence-corrected chi connectivity index (χ0v) is 7.91. The standard InChI is InChI=1S/C8H16N2O2/c1-4-10(7-11)8(12)5-6-9(2)3/h7H,4-6H2,1-3H3. The summed E-state index contributed by atoms with van der Waals surface area (Å²) in [6.07, 6.45) is 0.984. The van der Waals surface area contributed by atoms with E-state index in [1.807, 2.05) is 19.0 Å². The molecule has 0 saturated carbocycles. The molecule has 0 saturated heterocycles. The summed E-state index contributed by atoms with van der Waals surface area (Å²) < 4.78 is 0. The van der Waals surface area contributed by atoms with Crippen LogP contribution < -0.4 is 0 Å². The average molecular weight is 172 g/mol. The second kappa shape index (κ2) is 5.71. The molecule has 0 heterocycles. The van der Waals surface area contributed by atoms with E-state index in [4.69, 9.17) is 0 Å². The van der Waals surface area contributed by atoms with Gasteiger partial charge in [0, 0.05) is 19.5 Å². The van der Waals surface area contributed by atoms with Crippen molar-refractivity contribution in [2.75, 3.05) is 27.2 Å². The minimum atomic E-state index is -0.110. The van der Waals surface area contributed by atoms with Gasteiger partial charge >= 0.3 is 0 Å². The molecule has 0 aliphatic heterocycles. The average Bonchev–Trinajstić information content (AvgIpc) is 2.03. The zero-order valence-electron chi connectivity index (χ0n) is 7.91. The van der Waals surface area contributed by atoms with Gasteiger partial charge in [-0.25, -0.2) is 0 Å². The van der Waals surface area contributed by atoms with Crippen LogP contribution in [0.2, 0.25) is 0 Å². The van der Waals surface area contributed by atoms with Gasteiger partial charge in [-0.05, 0) is 21.0 Å². The topological polar surface area (TPSA) is 40.6 Å². The second-order valence-corrected chi connectivity index (χ2v) is 2.84. The van der Waals surface area contributed by atoms with E-state index >= 15 is 0 Å². The minimum Gasteiger partial charge on any atom is -0.309 e. The molecule has 0 radical (unpaired) electrons. The van der Waals surface area contributed by atoms with Gasteiger partial charge in [-0.1, -0.05) is 0 Å². The highest BCUT2D eigenvalue weighted by atomic mass is 16.2. The van der Waals surface area contributed by atoms with Crippen molar-refractivity contribution in [3.05, 3.63) is 0 Å². The van der Waals surface area contributed by atoms with Crippen molar-refractivity contribution in [3.8, 4) is 0 Å². The molecule has 0 aliphatic rings. The van der Waals surface area contributed by atoms with Gasteiger partial charge in [0.05, 0.1) is 0 Å². The predicted molar refractivity (Wildman–Crippen MR) is 46.6 cm³/mol. The van der Waals surface area contributed by atoms with Crippen LogP contribution >= 0.6 is 0 Å². The van der Waals surface area contributed by atoms with E-state index in [1.54, 1.807) is 6.92 Å². The number of imide groups is 1. The Balaban J connectivity index is 3.77. The van der Waals surface area contributed by atoms with Gasteiger partial charge in [-0.2, -0.15) is 0 Å². The highest BCUT2D eigenvalue weighted by Crippen LogP contribution is 1.91. The fraction of sp³-hybridized carbons (Fsp3) is 0.750. The van der Waals surface area contributed by atoms with Gasteiger partial charge in [-0.3, -0.25) is 14.5 Å². The van der Waals surface area contributed by atoms with Gasteiger partial charge in [0.25, 0.3) is 0 Å². The number of carbonyl (C=O) groups excluding carboxylic acids is 2. The third-order valence-electron chi connectivity index (χ3n) is 1.56. The molecule has 12 heavy (non-hydrogen) atoms. The minimum absolute atomic E-state index is 0.110. The van der Waals surface area contributed by atoms with Crippen LogP contribution in [0.4, 0.5) is 0 Å². The molecule has 4 heteroatoms. The third kappa shape index (κ3) is 4.08. The number of carbonyl (C=O) groups is 2. The van der Waals surface area contributed by atoms with E-state index in [0.717, 1.165) is 0 Å². The first kappa shape index (κ1) is 11.1. The van der Waals surface area contributed by atoms with Gasteiger partial charge in [0.15, 0.2) is 0 Å². The molecule has 0 unspecified atom stereocenters. The van der Waals surface area contributed by atoms with Crippen molar-refractivity contribution >= 4 is 12.3 Å². The number of hydrogen-bond donors (Lipinski definition) is 0. The van der Waals surface area contributed by atoms with E-state index in [1.165, 1.54) is 4.90 Å². The van der Waals surface area contributed by atoms with E-state index in [-0.39, 0.29) is 5.91 Å². The van der Waals surface area contributed by atoms with Gasteiger partial charge in [0.2, 0.25) is 12.3 Å². The van der Waals surface area contributed by atoms with Crippen molar-refractivity contribution in [2.45, 2.75) is 13.3 Å². The Morgan fingerprint density at radius 3 is 2.33 bits per heavy atom. The Bertz CT molecular complexity index is 157. The van der Waals surface area contributed by atoms with Gasteiger partial charge in [0.1, 0.15) is 0 Å². The molecule has 0 aromatic rings. The smallest absolute Gasteiger partial charge is 0.230 e. The number of hydrogen-bond acceptors (Lipinski definition) is 3. The Kier molecular flexibility index (Phi) is 5.28. The van der Waals surface area contributed by atoms with Crippen molar-refractivity contribution in [1.29, 1.82) is 0 Å². The molecule has 0 fully saturated rings. The van der Waals surface area contributed by atoms with E-state index in [0.29, 0.717) is 25.9 Å². The molecule has 0 bridgehead atoms. The van der Waals surface area contributed by atoms with E-state index < -0.39 is 0 Å². The summed E-state index contributed by atoms with van der Waals surface area (Å²) in [6.45, 7) is 2.92. The lowest BCUT2D eigenvalue weighted by atomic mass is 10.3. The fourth-order valence-electron chi connectivity index (χ4n) is 0.773. The lowest BCUT2D eigenvalue weighted by Crippen LogP contribution is -2.31. The molecule has 0 N–H and O–H groups in total. The molecule has 2 amide bonds. The molecular formula is C8H16N2O2. The second-order valence-electron chi connectivity index (χ2n) is 2.84. The van der Waals surface area contributed by atoms with Crippen LogP contribution in [0.25, 0.3) is 0 Å². The Labute approximate surface area is 73.1 Å². The summed E-state index contributed by atoms with van der Waals surface area (Å²) in [5.41, 5.74) is 0. The lowest BCUT2D eigenvalue weighted by Gasteiger charge is -2.14. The maximum atomic E-state index is 11.2. The number of rotatable bonds is 5. The zero-order chi connectivity index (χ0) is 9.56. The quantitative estimate of drug-likeness (QED) is 0.546. The highest BCUT2D eigenvalue weighted by Gasteiger charge is 2.09. The van der Waals surface area contributed by atoms with Crippen LogP contribution in [0, 0.1) is 0 Å². The number of amides is 2. The van der Waals surface area contributed by atoms with Crippen LogP contribution in [0.1, 0.15) is 13.3 Å². The van der Waals surface area contributed by atoms with Crippen molar-refractivity contribution in [1.82, 2.24) is 9.80 Å². The molecule has 0 rings (SSSR count). The van der Waals surface area contributed by atoms with Crippen LogP contribution in [0.3, 0.4) is 0 Å². The first-order valence-electron chi connectivity index (χ1n) is 4.01. The SMILES string of the molecule is CCN(C=O)C(=O)CCN(C)C. The Morgan fingerprint density at radius 2 is 2.00 bits per heavy atom. The lowest BCUT2D eigenvalue weighted by molar-refractivity contribution is -0.138. The number of nitrogens with zero attached hydrogens (tertiary/aromatic N) is 2. The van der Waals surface area contributed by atoms with Gasteiger partial charge < -0.3 is 4.90 Å². The third-order valence-corrected chi connectivity index (χ3v) is 1.56. The summed E-state index contributed by atoms with van der Waals surface area (Å²) in [7, 11) is 3.79. The van der Waals surface area contributed by atoms with Crippen molar-refractivity contribution in [2.24, 2.45) is 0 Å². The monoisotopic (exact) mass is 172 g/mol. The van der Waals surface area contributed by atoms with Crippen LogP contribution in [0.5, 0.6) is 0 Å². The van der Waals surface area contributed by atoms with Crippen molar-refractivity contribution in [3.63, 3.8) is 0 Å². The summed E-state index contributed by atoms with van der Waals surface area (Å²) >= 11 is 0. The molecule has 4 nitrogen and oxygen atoms in total. The van der Waals surface area contributed by atoms with E-state index in [9.17, 15) is 9.59 Å². The molecule has 0 atom stereocenters. The molecule has 0 aromatic heterocycles. The first-order valence-corrected chi connectivity index (χ1v) is 4.01. The molecule has 0 aliphatic carbocycles. The summed E-state index contributed by atoms with van der Waals surface area (Å²) in [6, 6.07) is 0. The van der Waals surface area contributed by atoms with Crippen molar-refractivity contribution < 1.29 is 9.59 Å². The van der Waals surface area contributed by atoms with E-state index in [2.05, 4.69) is 0 Å². The Hall–Kier alpha value is -0.900. The molecular weight excluding hydrogens is 156 g/mol. The largest absolute Gasteiger partial charge is 0.309 e. The highest BCUT2D eigenvalue weighted by molar-refractivity contribution is 5.86. The molecule has 0 spiro atoms. The fourth-order valence-corrected chi connectivity index (χ4v) is 0.773. The predicted octanol–water partition coefficient (Wildman–Crippen LogP) is -0.0570. The Morgan fingerprint density at radius 1 is 1.42 bits per heavy atom. The van der Waals surface area contributed by atoms with Crippen LogP contribution in [-0.4, -0.2) is 49.3 Å². The summed E-state index contributed by atoms with van der Waals surface area (Å²) in [4.78, 5) is 24.6. The van der Waals surface area contributed by atoms with Crippen LogP contribution in [0.15, 0.2) is 0 Å². The van der Waals surface area contributed by atoms with Crippen LogP contribution in [-0.2, 0) is 9.59 Å². The summed E-state index contributed by atoms with van der Waals surface area (Å²) in [5, 5.41) is 0. The summed E-state index contributed by atoms with van der Waals surface area (Å²) in [5.74, 6) is -0.110. The molecule has 0 aromatic carbocycles. The first-order chi connectivity index (χ1) is 5.61. The normalized spacial score (nSPS) is 10.0. The molecule has 70 valence electrons. The maximum absolute atomic E-state index is 11.2. The maximum Gasteiger partial charge on any atom is 0.230 e. The van der Waals surface area contributed by atoms with Gasteiger partial charge in [-0.15, -0.1) is 0 Å².